The highest BCUT2D eigenvalue weighted by molar-refractivity contribution is 5.89. The number of methoxy groups -OCH3 is 1. The number of urea groups is 1. The first-order chi connectivity index (χ1) is 10.2. The van der Waals surface area contributed by atoms with Gasteiger partial charge in [-0.15, -0.1) is 0 Å². The number of carbonyl (C=O) groups is 1. The zero-order valence-corrected chi connectivity index (χ0v) is 12.8. The third-order valence-corrected chi connectivity index (χ3v) is 3.68. The monoisotopic (exact) mass is 292 g/mol. The second kappa shape index (κ2) is 7.88. The van der Waals surface area contributed by atoms with Crippen LogP contribution in [0.15, 0.2) is 18.2 Å². The van der Waals surface area contributed by atoms with Crippen molar-refractivity contribution in [2.24, 2.45) is 0 Å². The zero-order valence-electron chi connectivity index (χ0n) is 12.8. The molecule has 0 radical (unpaired) electrons. The fourth-order valence-electron chi connectivity index (χ4n) is 2.51. The fraction of sp³-hybridized carbons (Fsp3) is 0.562. The van der Waals surface area contributed by atoms with E-state index in [2.05, 4.69) is 10.6 Å². The van der Waals surface area contributed by atoms with E-state index >= 15 is 0 Å². The smallest absolute Gasteiger partial charge is 0.319 e. The van der Waals surface area contributed by atoms with E-state index < -0.39 is 0 Å². The molecule has 2 N–H and O–H groups in total. The number of ether oxygens (including phenoxy) is 2. The molecule has 1 heterocycles. The molecular formula is C16H24N2O3. The number of rotatable bonds is 5. The van der Waals surface area contributed by atoms with Gasteiger partial charge in [0.2, 0.25) is 0 Å². The minimum atomic E-state index is -0.185. The Balaban J connectivity index is 1.72. The largest absolute Gasteiger partial charge is 0.496 e. The Morgan fingerprint density at radius 3 is 2.95 bits per heavy atom. The average molecular weight is 292 g/mol. The number of aryl methyl sites for hydroxylation is 1. The third kappa shape index (κ3) is 4.93. The molecule has 2 rings (SSSR count). The minimum Gasteiger partial charge on any atom is -0.496 e. The number of carbonyl (C=O) groups excluding carboxylic acids is 1. The molecule has 5 nitrogen and oxygen atoms in total. The lowest BCUT2D eigenvalue weighted by Crippen LogP contribution is -2.32. The van der Waals surface area contributed by atoms with E-state index in [4.69, 9.17) is 9.47 Å². The Kier molecular flexibility index (Phi) is 5.87. The van der Waals surface area contributed by atoms with Gasteiger partial charge in [-0.05, 0) is 56.4 Å². The molecule has 0 unspecified atom stereocenters. The molecule has 1 atom stereocenters. The van der Waals surface area contributed by atoms with Crippen LogP contribution in [0, 0.1) is 6.92 Å². The summed E-state index contributed by atoms with van der Waals surface area (Å²) in [5.41, 5.74) is 1.76. The van der Waals surface area contributed by atoms with Gasteiger partial charge in [-0.25, -0.2) is 4.79 Å². The SMILES string of the molecule is COc1ccc(NC(=O)NCC[C@H]2CCCCO2)cc1C. The zero-order chi connectivity index (χ0) is 15.1. The molecule has 0 saturated carbocycles. The Morgan fingerprint density at radius 2 is 2.29 bits per heavy atom. The predicted molar refractivity (Wildman–Crippen MR) is 83.0 cm³/mol. The highest BCUT2D eigenvalue weighted by Crippen LogP contribution is 2.21. The van der Waals surface area contributed by atoms with Crippen molar-refractivity contribution < 1.29 is 14.3 Å². The number of anilines is 1. The van der Waals surface area contributed by atoms with Crippen LogP contribution in [0.2, 0.25) is 0 Å². The van der Waals surface area contributed by atoms with Crippen molar-refractivity contribution in [1.82, 2.24) is 5.32 Å². The number of hydrogen-bond acceptors (Lipinski definition) is 3. The van der Waals surface area contributed by atoms with Crippen molar-refractivity contribution in [3.05, 3.63) is 23.8 Å². The summed E-state index contributed by atoms with van der Waals surface area (Å²) in [6.45, 7) is 3.43. The summed E-state index contributed by atoms with van der Waals surface area (Å²) >= 11 is 0. The molecule has 1 aromatic carbocycles. The van der Waals surface area contributed by atoms with Crippen molar-refractivity contribution in [3.8, 4) is 5.75 Å². The summed E-state index contributed by atoms with van der Waals surface area (Å²) in [5, 5.41) is 5.69. The maximum absolute atomic E-state index is 11.8. The first-order valence-corrected chi connectivity index (χ1v) is 7.50. The Labute approximate surface area is 126 Å². The molecular weight excluding hydrogens is 268 g/mol. The van der Waals surface area contributed by atoms with Gasteiger partial charge in [0.05, 0.1) is 13.2 Å². The van der Waals surface area contributed by atoms with Crippen molar-refractivity contribution in [1.29, 1.82) is 0 Å². The highest BCUT2D eigenvalue weighted by Gasteiger charge is 2.13. The van der Waals surface area contributed by atoms with Crippen LogP contribution in [0.4, 0.5) is 10.5 Å². The first kappa shape index (κ1) is 15.6. The number of hydrogen-bond donors (Lipinski definition) is 2. The Morgan fingerprint density at radius 1 is 1.43 bits per heavy atom. The lowest BCUT2D eigenvalue weighted by molar-refractivity contribution is 0.0120. The first-order valence-electron chi connectivity index (χ1n) is 7.50. The van der Waals surface area contributed by atoms with Crippen LogP contribution in [0.5, 0.6) is 5.75 Å². The molecule has 0 spiro atoms. The summed E-state index contributed by atoms with van der Waals surface area (Å²) in [6, 6.07) is 5.38. The normalized spacial score (nSPS) is 18.1. The lowest BCUT2D eigenvalue weighted by Gasteiger charge is -2.22. The maximum atomic E-state index is 11.8. The van der Waals surface area contributed by atoms with Crippen LogP contribution >= 0.6 is 0 Å². The van der Waals surface area contributed by atoms with Crippen LogP contribution in [-0.2, 0) is 4.74 Å². The van der Waals surface area contributed by atoms with Gasteiger partial charge in [-0.2, -0.15) is 0 Å². The van der Waals surface area contributed by atoms with Gasteiger partial charge in [0.1, 0.15) is 5.75 Å². The van der Waals surface area contributed by atoms with Crippen LogP contribution in [-0.4, -0.2) is 32.4 Å². The van der Waals surface area contributed by atoms with E-state index in [1.54, 1.807) is 7.11 Å². The molecule has 1 aliphatic rings. The van der Waals surface area contributed by atoms with Crippen molar-refractivity contribution in [2.45, 2.75) is 38.7 Å². The van der Waals surface area contributed by atoms with E-state index in [9.17, 15) is 4.79 Å². The molecule has 1 aromatic rings. The lowest BCUT2D eigenvalue weighted by atomic mass is 10.1. The van der Waals surface area contributed by atoms with Gasteiger partial charge in [-0.3, -0.25) is 0 Å². The van der Waals surface area contributed by atoms with Crippen molar-refractivity contribution >= 4 is 11.7 Å². The summed E-state index contributed by atoms with van der Waals surface area (Å²) in [4.78, 5) is 11.8. The second-order valence-electron chi connectivity index (χ2n) is 5.34. The molecule has 1 saturated heterocycles. The quantitative estimate of drug-likeness (QED) is 0.876. The standard InChI is InChI=1S/C16H24N2O3/c1-12-11-13(6-7-15(12)20-2)18-16(19)17-9-8-14-5-3-4-10-21-14/h6-7,11,14H,3-5,8-10H2,1-2H3,(H2,17,18,19)/t14-/m1/s1. The topological polar surface area (TPSA) is 59.6 Å². The van der Waals surface area contributed by atoms with Crippen LogP contribution in [0.3, 0.4) is 0 Å². The summed E-state index contributed by atoms with van der Waals surface area (Å²) in [7, 11) is 1.63. The van der Waals surface area contributed by atoms with E-state index in [1.807, 2.05) is 25.1 Å². The second-order valence-corrected chi connectivity index (χ2v) is 5.34. The van der Waals surface area contributed by atoms with Crippen molar-refractivity contribution in [2.75, 3.05) is 25.6 Å². The van der Waals surface area contributed by atoms with Gasteiger partial charge in [0.15, 0.2) is 0 Å². The van der Waals surface area contributed by atoms with Crippen LogP contribution in [0.25, 0.3) is 0 Å². The molecule has 2 amide bonds. The summed E-state index contributed by atoms with van der Waals surface area (Å²) in [5.74, 6) is 0.815. The van der Waals surface area contributed by atoms with E-state index in [1.165, 1.54) is 6.42 Å². The fourth-order valence-corrected chi connectivity index (χ4v) is 2.51. The maximum Gasteiger partial charge on any atom is 0.319 e. The Bertz CT molecular complexity index is 471. The number of benzene rings is 1. The minimum absolute atomic E-state index is 0.185. The number of amides is 2. The third-order valence-electron chi connectivity index (χ3n) is 3.68. The molecule has 0 aliphatic carbocycles. The molecule has 5 heteroatoms. The highest BCUT2D eigenvalue weighted by atomic mass is 16.5. The molecule has 1 fully saturated rings. The Hall–Kier alpha value is -1.75. The number of nitrogens with one attached hydrogen (secondary N) is 2. The van der Waals surface area contributed by atoms with Gasteiger partial charge >= 0.3 is 6.03 Å². The van der Waals surface area contributed by atoms with E-state index in [-0.39, 0.29) is 6.03 Å². The molecule has 21 heavy (non-hydrogen) atoms. The van der Waals surface area contributed by atoms with Gasteiger partial charge in [-0.1, -0.05) is 0 Å². The van der Waals surface area contributed by atoms with Crippen LogP contribution < -0.4 is 15.4 Å². The molecule has 0 bridgehead atoms. The van der Waals surface area contributed by atoms with Crippen LogP contribution in [0.1, 0.15) is 31.2 Å². The molecule has 1 aliphatic heterocycles. The molecule has 0 aromatic heterocycles. The summed E-state index contributed by atoms with van der Waals surface area (Å²) < 4.78 is 10.8. The van der Waals surface area contributed by atoms with Gasteiger partial charge in [0, 0.05) is 18.8 Å². The van der Waals surface area contributed by atoms with E-state index in [0.29, 0.717) is 12.6 Å². The summed E-state index contributed by atoms with van der Waals surface area (Å²) in [6.07, 6.45) is 4.64. The van der Waals surface area contributed by atoms with E-state index in [0.717, 1.165) is 42.9 Å². The predicted octanol–water partition coefficient (Wildman–Crippen LogP) is 3.08. The van der Waals surface area contributed by atoms with Crippen molar-refractivity contribution in [3.63, 3.8) is 0 Å². The van der Waals surface area contributed by atoms with Gasteiger partial charge in [0.25, 0.3) is 0 Å². The average Bonchev–Trinajstić information content (AvgIpc) is 2.48. The van der Waals surface area contributed by atoms with Gasteiger partial charge < -0.3 is 20.1 Å². The molecule has 116 valence electrons.